The average molecular weight is 558 g/mol. The Morgan fingerprint density at radius 2 is 1.43 bits per heavy atom. The smallest absolute Gasteiger partial charge is 0.315 e. The summed E-state index contributed by atoms with van der Waals surface area (Å²) in [4.78, 5) is 27.2. The second-order valence-corrected chi connectivity index (χ2v) is 11.0. The van der Waals surface area contributed by atoms with E-state index in [1.165, 1.54) is 32.4 Å². The van der Waals surface area contributed by atoms with E-state index in [4.69, 9.17) is 14.2 Å². The van der Waals surface area contributed by atoms with Crippen LogP contribution < -0.4 is 13.8 Å². The summed E-state index contributed by atoms with van der Waals surface area (Å²) < 4.78 is 45.3. The monoisotopic (exact) mass is 557 g/mol. The molecule has 0 radical (unpaired) electrons. The third-order valence-electron chi connectivity index (χ3n) is 6.79. The number of hydrogen-bond donors (Lipinski definition) is 0. The Kier molecular flexibility index (Phi) is 7.57. The highest BCUT2D eigenvalue weighted by Crippen LogP contribution is 2.47. The van der Waals surface area contributed by atoms with E-state index in [0.717, 1.165) is 9.87 Å². The molecule has 0 aromatic heterocycles. The van der Waals surface area contributed by atoms with Gasteiger partial charge in [0.05, 0.1) is 24.8 Å². The summed E-state index contributed by atoms with van der Waals surface area (Å²) in [5.74, 6) is -1.55. The minimum Gasteiger partial charge on any atom is -0.497 e. The normalized spacial score (nSPS) is 16.2. The number of carbonyl (C=O) groups excluding carboxylic acids is 2. The Morgan fingerprint density at radius 1 is 0.800 bits per heavy atom. The van der Waals surface area contributed by atoms with Crippen LogP contribution in [0, 0.1) is 0 Å². The third kappa shape index (κ3) is 5.03. The molecule has 2 unspecified atom stereocenters. The van der Waals surface area contributed by atoms with Crippen molar-refractivity contribution >= 4 is 27.5 Å². The van der Waals surface area contributed by atoms with Crippen LogP contribution in [-0.2, 0) is 26.2 Å². The van der Waals surface area contributed by atoms with Gasteiger partial charge in [-0.2, -0.15) is 0 Å². The van der Waals surface area contributed by atoms with Crippen molar-refractivity contribution in [2.24, 2.45) is 0 Å². The summed E-state index contributed by atoms with van der Waals surface area (Å²) in [5, 5.41) is 0. The van der Waals surface area contributed by atoms with Crippen molar-refractivity contribution in [1.29, 1.82) is 0 Å². The van der Waals surface area contributed by atoms with E-state index in [2.05, 4.69) is 0 Å². The summed E-state index contributed by atoms with van der Waals surface area (Å²) >= 11 is 0. The molecule has 9 heteroatoms. The number of rotatable bonds is 9. The van der Waals surface area contributed by atoms with Crippen molar-refractivity contribution in [2.45, 2.75) is 23.5 Å². The van der Waals surface area contributed by atoms with Gasteiger partial charge >= 0.3 is 5.97 Å². The number of benzene rings is 4. The van der Waals surface area contributed by atoms with E-state index >= 15 is 0 Å². The van der Waals surface area contributed by atoms with Gasteiger partial charge in [0, 0.05) is 11.6 Å². The topological polar surface area (TPSA) is 99.2 Å². The lowest BCUT2D eigenvalue weighted by Gasteiger charge is -2.28. The van der Waals surface area contributed by atoms with Gasteiger partial charge < -0.3 is 14.2 Å². The van der Waals surface area contributed by atoms with Gasteiger partial charge in [-0.1, -0.05) is 54.6 Å². The molecule has 204 valence electrons. The highest BCUT2D eigenvalue weighted by Gasteiger charge is 2.52. The summed E-state index contributed by atoms with van der Waals surface area (Å²) in [7, 11) is -1.62. The lowest BCUT2D eigenvalue weighted by molar-refractivity contribution is -0.142. The standard InChI is InChI=1S/C31H27NO7S/c1-37-24-17-18-26-27(19-24)32(40(35,36)25-11-7-4-8-12-25)29(28(26)31(34)38-2)30(33)22-13-15-23(16-14-22)39-20-21-9-5-3-6-10-21/h3-19,28-29H,20H2,1-2H3. The number of methoxy groups -OCH3 is 2. The molecule has 0 amide bonds. The summed E-state index contributed by atoms with van der Waals surface area (Å²) in [6, 6.07) is 27.1. The van der Waals surface area contributed by atoms with E-state index in [1.807, 2.05) is 30.3 Å². The van der Waals surface area contributed by atoms with Crippen molar-refractivity contribution in [2.75, 3.05) is 18.5 Å². The van der Waals surface area contributed by atoms with Gasteiger partial charge in [0.25, 0.3) is 10.0 Å². The van der Waals surface area contributed by atoms with Crippen molar-refractivity contribution in [3.63, 3.8) is 0 Å². The van der Waals surface area contributed by atoms with Gasteiger partial charge in [0.2, 0.25) is 0 Å². The molecule has 1 aliphatic heterocycles. The fourth-order valence-corrected chi connectivity index (χ4v) is 6.47. The maximum absolute atomic E-state index is 14.1. The number of ketones is 1. The third-order valence-corrected chi connectivity index (χ3v) is 8.60. The van der Waals surface area contributed by atoms with Crippen LogP contribution >= 0.6 is 0 Å². The quantitative estimate of drug-likeness (QED) is 0.211. The van der Waals surface area contributed by atoms with Crippen LogP contribution in [0.4, 0.5) is 5.69 Å². The number of sulfonamides is 1. The van der Waals surface area contributed by atoms with Gasteiger partial charge in [0.1, 0.15) is 30.1 Å². The number of ether oxygens (including phenoxy) is 3. The molecule has 0 N–H and O–H groups in total. The first kappa shape index (κ1) is 27.0. The number of hydrogen-bond acceptors (Lipinski definition) is 7. The van der Waals surface area contributed by atoms with E-state index in [9.17, 15) is 18.0 Å². The zero-order valence-electron chi connectivity index (χ0n) is 21.9. The first-order valence-electron chi connectivity index (χ1n) is 12.5. The largest absolute Gasteiger partial charge is 0.497 e. The van der Waals surface area contributed by atoms with Gasteiger partial charge in [0.15, 0.2) is 5.78 Å². The van der Waals surface area contributed by atoms with E-state index < -0.39 is 33.7 Å². The first-order valence-corrected chi connectivity index (χ1v) is 14.0. The molecule has 1 aliphatic rings. The Hall–Kier alpha value is -4.63. The molecule has 1 heterocycles. The number of esters is 1. The predicted molar refractivity (Wildman–Crippen MR) is 149 cm³/mol. The van der Waals surface area contributed by atoms with Crippen molar-refractivity contribution in [3.05, 3.63) is 120 Å². The zero-order chi connectivity index (χ0) is 28.3. The van der Waals surface area contributed by atoms with Crippen LogP contribution in [0.25, 0.3) is 0 Å². The molecule has 0 saturated carbocycles. The van der Waals surface area contributed by atoms with E-state index in [1.54, 1.807) is 54.6 Å². The molecule has 4 aromatic carbocycles. The van der Waals surface area contributed by atoms with Gasteiger partial charge in [-0.25, -0.2) is 8.42 Å². The predicted octanol–water partition coefficient (Wildman–Crippen LogP) is 4.99. The Morgan fingerprint density at radius 3 is 2.05 bits per heavy atom. The number of nitrogens with zero attached hydrogens (tertiary/aromatic N) is 1. The molecule has 8 nitrogen and oxygen atoms in total. The SMILES string of the molecule is COC(=O)C1c2ccc(OC)cc2N(S(=O)(=O)c2ccccc2)C1C(=O)c1ccc(OCc2ccccc2)cc1. The van der Waals surface area contributed by atoms with Gasteiger partial charge in [-0.05, 0) is 53.6 Å². The van der Waals surface area contributed by atoms with Crippen LogP contribution in [0.5, 0.6) is 11.5 Å². The van der Waals surface area contributed by atoms with E-state index in [0.29, 0.717) is 23.7 Å². The minimum atomic E-state index is -4.28. The molecule has 0 saturated heterocycles. The van der Waals surface area contributed by atoms with Crippen molar-refractivity contribution in [1.82, 2.24) is 0 Å². The van der Waals surface area contributed by atoms with Gasteiger partial charge in [-0.15, -0.1) is 0 Å². The molecular weight excluding hydrogens is 530 g/mol. The zero-order valence-corrected chi connectivity index (χ0v) is 22.7. The summed E-state index contributed by atoms with van der Waals surface area (Å²) in [6.45, 7) is 0.349. The number of anilines is 1. The second-order valence-electron chi connectivity index (χ2n) is 9.15. The molecular formula is C31H27NO7S. The molecule has 0 fully saturated rings. The van der Waals surface area contributed by atoms with E-state index in [-0.39, 0.29) is 16.1 Å². The molecule has 2 atom stereocenters. The lowest BCUT2D eigenvalue weighted by atomic mass is 9.90. The van der Waals surface area contributed by atoms with Crippen LogP contribution in [0.15, 0.2) is 108 Å². The lowest BCUT2D eigenvalue weighted by Crippen LogP contribution is -2.46. The molecule has 40 heavy (non-hydrogen) atoms. The number of carbonyl (C=O) groups is 2. The highest BCUT2D eigenvalue weighted by molar-refractivity contribution is 7.93. The Labute approximate surface area is 232 Å². The van der Waals surface area contributed by atoms with Gasteiger partial charge in [-0.3, -0.25) is 13.9 Å². The second kappa shape index (κ2) is 11.2. The highest BCUT2D eigenvalue weighted by atomic mass is 32.2. The molecule has 0 spiro atoms. The summed E-state index contributed by atoms with van der Waals surface area (Å²) in [6.07, 6.45) is 0. The molecule has 5 rings (SSSR count). The minimum absolute atomic E-state index is 0.0169. The fraction of sp³-hybridized carbons (Fsp3) is 0.161. The molecule has 0 bridgehead atoms. The average Bonchev–Trinajstić information content (AvgIpc) is 3.35. The molecule has 0 aliphatic carbocycles. The first-order chi connectivity index (χ1) is 19.3. The Bertz CT molecular complexity index is 1620. The van der Waals surface area contributed by atoms with Crippen LogP contribution in [-0.4, -0.2) is 40.4 Å². The Balaban J connectivity index is 1.55. The van der Waals surface area contributed by atoms with Crippen LogP contribution in [0.1, 0.15) is 27.4 Å². The number of Topliss-reactive ketones (excluding diaryl/α,β-unsaturated/α-hetero) is 1. The summed E-state index contributed by atoms with van der Waals surface area (Å²) in [5.41, 5.74) is 1.75. The number of fused-ring (bicyclic) bond motifs is 1. The van der Waals surface area contributed by atoms with Crippen LogP contribution in [0.2, 0.25) is 0 Å². The molecule has 4 aromatic rings. The van der Waals surface area contributed by atoms with Crippen molar-refractivity contribution in [3.8, 4) is 11.5 Å². The maximum Gasteiger partial charge on any atom is 0.315 e. The maximum atomic E-state index is 14.1. The fourth-order valence-electron chi connectivity index (χ4n) is 4.81. The van der Waals surface area contributed by atoms with Crippen molar-refractivity contribution < 1.29 is 32.2 Å². The van der Waals surface area contributed by atoms with Crippen LogP contribution in [0.3, 0.4) is 0 Å².